The first-order valence-corrected chi connectivity index (χ1v) is 7.69. The summed E-state index contributed by atoms with van der Waals surface area (Å²) in [6.45, 7) is 6.28. The summed E-state index contributed by atoms with van der Waals surface area (Å²) in [6, 6.07) is 8.21. The summed E-state index contributed by atoms with van der Waals surface area (Å²) in [4.78, 5) is 4.58. The quantitative estimate of drug-likeness (QED) is 0.809. The molecule has 0 amide bonds. The van der Waals surface area contributed by atoms with Crippen molar-refractivity contribution in [3.05, 3.63) is 48.0 Å². The molecule has 0 spiro atoms. The highest BCUT2D eigenvalue weighted by Gasteiger charge is 2.21. The Hall–Kier alpha value is -1.81. The average molecular weight is 287 g/mol. The Morgan fingerprint density at radius 2 is 2.05 bits per heavy atom. The van der Waals surface area contributed by atoms with Gasteiger partial charge in [0.25, 0.3) is 0 Å². The molecule has 0 saturated heterocycles. The molecule has 0 saturated carbocycles. The third kappa shape index (κ3) is 3.64. The molecule has 21 heavy (non-hydrogen) atoms. The van der Waals surface area contributed by atoms with E-state index in [4.69, 9.17) is 4.74 Å². The molecule has 4 nitrogen and oxygen atoms in total. The number of para-hydroxylation sites is 1. The van der Waals surface area contributed by atoms with Crippen LogP contribution in [0, 0.1) is 0 Å². The average Bonchev–Trinajstić information content (AvgIpc) is 2.97. The lowest BCUT2D eigenvalue weighted by Gasteiger charge is -2.22. The second-order valence-corrected chi connectivity index (χ2v) is 5.11. The van der Waals surface area contributed by atoms with Crippen molar-refractivity contribution in [2.45, 2.75) is 39.3 Å². The predicted molar refractivity (Wildman–Crippen MR) is 85.6 cm³/mol. The maximum absolute atomic E-state index is 5.53. The van der Waals surface area contributed by atoms with E-state index < -0.39 is 0 Å². The van der Waals surface area contributed by atoms with Crippen LogP contribution < -0.4 is 10.1 Å². The minimum absolute atomic E-state index is 0.0580. The molecular formula is C17H25N3O. The molecular weight excluding hydrogens is 262 g/mol. The summed E-state index contributed by atoms with van der Waals surface area (Å²) < 4.78 is 7.75. The molecule has 4 heteroatoms. The Morgan fingerprint density at radius 1 is 1.24 bits per heavy atom. The summed E-state index contributed by atoms with van der Waals surface area (Å²) >= 11 is 0. The van der Waals surface area contributed by atoms with Gasteiger partial charge < -0.3 is 14.6 Å². The van der Waals surface area contributed by atoms with Crippen LogP contribution in [0.5, 0.6) is 5.75 Å². The number of imidazole rings is 1. The van der Waals surface area contributed by atoms with Gasteiger partial charge in [-0.2, -0.15) is 0 Å². The molecule has 1 N–H and O–H groups in total. The molecule has 0 fully saturated rings. The fourth-order valence-corrected chi connectivity index (χ4v) is 2.54. The highest BCUT2D eigenvalue weighted by Crippen LogP contribution is 2.29. The first-order chi connectivity index (χ1) is 10.3. The zero-order chi connectivity index (χ0) is 15.1. The van der Waals surface area contributed by atoms with E-state index in [1.165, 1.54) is 0 Å². The molecule has 0 aliphatic carbocycles. The van der Waals surface area contributed by atoms with Crippen molar-refractivity contribution in [2.75, 3.05) is 13.7 Å². The zero-order valence-electron chi connectivity index (χ0n) is 13.2. The predicted octanol–water partition coefficient (Wildman–Crippen LogP) is 3.39. The maximum atomic E-state index is 5.53. The van der Waals surface area contributed by atoms with Gasteiger partial charge in [0.1, 0.15) is 11.6 Å². The van der Waals surface area contributed by atoms with Crippen molar-refractivity contribution in [3.63, 3.8) is 0 Å². The van der Waals surface area contributed by atoms with Gasteiger partial charge in [-0.3, -0.25) is 0 Å². The number of benzene rings is 1. The van der Waals surface area contributed by atoms with Crippen LogP contribution in [0.15, 0.2) is 36.7 Å². The van der Waals surface area contributed by atoms with Gasteiger partial charge in [-0.25, -0.2) is 4.98 Å². The summed E-state index contributed by atoms with van der Waals surface area (Å²) in [5.74, 6) is 1.95. The lowest BCUT2D eigenvalue weighted by molar-refractivity contribution is 0.401. The van der Waals surface area contributed by atoms with Crippen molar-refractivity contribution in [2.24, 2.45) is 0 Å². The number of nitrogens with one attached hydrogen (secondary N) is 1. The molecule has 114 valence electrons. The molecule has 1 aromatic heterocycles. The van der Waals surface area contributed by atoms with Crippen molar-refractivity contribution < 1.29 is 4.74 Å². The molecule has 0 bridgehead atoms. The summed E-state index contributed by atoms with van der Waals surface area (Å²) in [5.41, 5.74) is 1.14. The van der Waals surface area contributed by atoms with E-state index in [-0.39, 0.29) is 6.04 Å². The van der Waals surface area contributed by atoms with Crippen LogP contribution in [0.4, 0.5) is 0 Å². The molecule has 0 radical (unpaired) electrons. The normalized spacial score (nSPS) is 12.3. The molecule has 0 aliphatic rings. The van der Waals surface area contributed by atoms with Gasteiger partial charge in [-0.15, -0.1) is 0 Å². The Bertz CT molecular complexity index is 550. The topological polar surface area (TPSA) is 39.1 Å². The van der Waals surface area contributed by atoms with Crippen molar-refractivity contribution >= 4 is 0 Å². The number of hydrogen-bond donors (Lipinski definition) is 1. The van der Waals surface area contributed by atoms with E-state index in [2.05, 4.69) is 41.0 Å². The number of methoxy groups -OCH3 is 1. The second-order valence-electron chi connectivity index (χ2n) is 5.11. The summed E-state index contributed by atoms with van der Waals surface area (Å²) in [6.07, 6.45) is 6.10. The van der Waals surface area contributed by atoms with Crippen molar-refractivity contribution in [3.8, 4) is 5.75 Å². The highest BCUT2D eigenvalue weighted by molar-refractivity contribution is 5.39. The van der Waals surface area contributed by atoms with Gasteiger partial charge >= 0.3 is 0 Å². The van der Waals surface area contributed by atoms with Crippen LogP contribution in [-0.2, 0) is 6.54 Å². The van der Waals surface area contributed by atoms with Gasteiger partial charge in [0.2, 0.25) is 0 Å². The van der Waals surface area contributed by atoms with Crippen LogP contribution in [0.3, 0.4) is 0 Å². The lowest BCUT2D eigenvalue weighted by atomic mass is 10.0. The molecule has 2 rings (SSSR count). The molecule has 1 atom stereocenters. The fraction of sp³-hybridized carbons (Fsp3) is 0.471. The van der Waals surface area contributed by atoms with Crippen LogP contribution in [0.2, 0.25) is 0 Å². The molecule has 2 aromatic rings. The number of rotatable bonds is 8. The van der Waals surface area contributed by atoms with Crippen LogP contribution in [0.1, 0.15) is 44.1 Å². The number of aryl methyl sites for hydroxylation is 1. The first kappa shape index (κ1) is 15.6. The number of hydrogen-bond acceptors (Lipinski definition) is 3. The molecule has 0 aliphatic heterocycles. The molecule has 1 unspecified atom stereocenters. The van der Waals surface area contributed by atoms with Gasteiger partial charge in [0, 0.05) is 24.5 Å². The van der Waals surface area contributed by atoms with E-state index >= 15 is 0 Å². The van der Waals surface area contributed by atoms with E-state index in [1.807, 2.05) is 24.4 Å². The van der Waals surface area contributed by atoms with E-state index in [9.17, 15) is 0 Å². The second kappa shape index (κ2) is 7.84. The smallest absolute Gasteiger partial charge is 0.130 e. The van der Waals surface area contributed by atoms with Crippen LogP contribution in [-0.4, -0.2) is 23.2 Å². The van der Waals surface area contributed by atoms with E-state index in [0.717, 1.165) is 43.1 Å². The molecule has 1 aromatic carbocycles. The standard InChI is InChI=1S/C17H25N3O/c1-4-10-18-16(14-8-6-7-9-15(14)21-3)17-19-11-13-20(17)12-5-2/h6-9,11,13,16,18H,4-5,10,12H2,1-3H3. The van der Waals surface area contributed by atoms with Gasteiger partial charge in [-0.05, 0) is 25.5 Å². The van der Waals surface area contributed by atoms with Gasteiger partial charge in [0.15, 0.2) is 0 Å². The highest BCUT2D eigenvalue weighted by atomic mass is 16.5. The number of ether oxygens (including phenoxy) is 1. The zero-order valence-corrected chi connectivity index (χ0v) is 13.2. The molecule has 1 heterocycles. The summed E-state index contributed by atoms with van der Waals surface area (Å²) in [5, 5.41) is 3.60. The van der Waals surface area contributed by atoms with Crippen LogP contribution in [0.25, 0.3) is 0 Å². The monoisotopic (exact) mass is 287 g/mol. The van der Waals surface area contributed by atoms with E-state index in [1.54, 1.807) is 7.11 Å². The largest absolute Gasteiger partial charge is 0.496 e. The van der Waals surface area contributed by atoms with Gasteiger partial charge in [-0.1, -0.05) is 32.0 Å². The maximum Gasteiger partial charge on any atom is 0.130 e. The summed E-state index contributed by atoms with van der Waals surface area (Å²) in [7, 11) is 1.72. The Balaban J connectivity index is 2.40. The lowest BCUT2D eigenvalue weighted by Crippen LogP contribution is -2.26. The fourth-order valence-electron chi connectivity index (χ4n) is 2.54. The number of aromatic nitrogens is 2. The SMILES string of the molecule is CCCNC(c1ccccc1OC)c1nccn1CCC. The minimum Gasteiger partial charge on any atom is -0.496 e. The van der Waals surface area contributed by atoms with Crippen molar-refractivity contribution in [1.29, 1.82) is 0 Å². The van der Waals surface area contributed by atoms with Crippen molar-refractivity contribution in [1.82, 2.24) is 14.9 Å². The Kier molecular flexibility index (Phi) is 5.81. The van der Waals surface area contributed by atoms with Crippen LogP contribution >= 0.6 is 0 Å². The number of nitrogens with zero attached hydrogens (tertiary/aromatic N) is 2. The third-order valence-electron chi connectivity index (χ3n) is 3.52. The van der Waals surface area contributed by atoms with Gasteiger partial charge in [0.05, 0.1) is 13.2 Å². The Labute approximate surface area is 127 Å². The van der Waals surface area contributed by atoms with E-state index in [0.29, 0.717) is 0 Å². The first-order valence-electron chi connectivity index (χ1n) is 7.69. The third-order valence-corrected chi connectivity index (χ3v) is 3.52. The Morgan fingerprint density at radius 3 is 2.76 bits per heavy atom. The minimum atomic E-state index is 0.0580.